The Morgan fingerprint density at radius 3 is 1.48 bits per heavy atom. The summed E-state index contributed by atoms with van der Waals surface area (Å²) in [6, 6.07) is 9.64. The van der Waals surface area contributed by atoms with Gasteiger partial charge in [-0.1, -0.05) is 122 Å². The van der Waals surface area contributed by atoms with E-state index in [-0.39, 0.29) is 50.0 Å². The van der Waals surface area contributed by atoms with Crippen LogP contribution in [0.5, 0.6) is 0 Å². The lowest BCUT2D eigenvalue weighted by atomic mass is 9.95. The molecule has 0 aliphatic rings. The third kappa shape index (κ3) is 20.4. The van der Waals surface area contributed by atoms with E-state index < -0.39 is 114 Å². The number of nitrogens with one attached hydrogen (secondary N) is 8. The number of hydrogen-bond acceptors (Lipinski definition) is 11. The van der Waals surface area contributed by atoms with Crippen molar-refractivity contribution in [2.45, 2.75) is 137 Å². The maximum absolute atomic E-state index is 14.2. The van der Waals surface area contributed by atoms with Crippen LogP contribution in [0.15, 0.2) is 60.7 Å². The smallest absolute Gasteiger partial charge is 0.326 e. The molecule has 0 saturated heterocycles. The first-order valence-electron chi connectivity index (χ1n) is 23.5. The number of aliphatic hydroxyl groups is 1. The number of aliphatic carboxylic acids is 1. The standard InChI is InChI=1S/C49H75N9O11/c1-10-30(8)40(56-38(60)25-50)47(66)53-35(21-27(2)3)44(63)52-26-51-42(61)34(23-32-17-13-11-14-18-32)43(62)57-39(29(6)7)46(65)54-36(24-33-19-15-12-16-20-33)45(64)58-41(31(9)59)48(67)55-37(49(68)69)22-28(4)5/h11-20,27-31,34-37,39-41,59H,10,21-26,50H2,1-9H3,(H,51,61)(H,52,63)(H,53,66)(H,54,65)(H,55,67)(H,56,60)(H,57,62)(H,58,64)(H,68,69)/t30-,31+,34+,35-,36-,37-,39-,40-,41-/m0/s1. The Labute approximate surface area is 405 Å². The lowest BCUT2D eigenvalue weighted by Crippen LogP contribution is -2.61. The monoisotopic (exact) mass is 966 g/mol. The minimum absolute atomic E-state index is 0.0509. The van der Waals surface area contributed by atoms with E-state index in [1.54, 1.807) is 95.3 Å². The number of carboxylic acids is 1. The Hall–Kier alpha value is -6.41. The van der Waals surface area contributed by atoms with E-state index in [4.69, 9.17) is 5.73 Å². The Morgan fingerprint density at radius 1 is 0.522 bits per heavy atom. The van der Waals surface area contributed by atoms with Crippen LogP contribution in [0.2, 0.25) is 0 Å². The van der Waals surface area contributed by atoms with Crippen molar-refractivity contribution in [3.63, 3.8) is 0 Å². The average Bonchev–Trinajstić information content (AvgIpc) is 3.29. The molecule has 2 aromatic carbocycles. The molecule has 20 nitrogen and oxygen atoms in total. The summed E-state index contributed by atoms with van der Waals surface area (Å²) in [6.07, 6.45) is -0.833. The number of amides is 8. The van der Waals surface area contributed by atoms with Crippen molar-refractivity contribution < 1.29 is 53.4 Å². The highest BCUT2D eigenvalue weighted by Crippen LogP contribution is 2.15. The lowest BCUT2D eigenvalue weighted by molar-refractivity contribution is -0.143. The van der Waals surface area contributed by atoms with Crippen LogP contribution in [0.1, 0.15) is 92.7 Å². The van der Waals surface area contributed by atoms with Crippen LogP contribution < -0.4 is 48.3 Å². The number of carbonyl (C=O) groups excluding carboxylic acids is 8. The highest BCUT2D eigenvalue weighted by atomic mass is 16.4. The van der Waals surface area contributed by atoms with Gasteiger partial charge in [-0.15, -0.1) is 0 Å². The Morgan fingerprint density at radius 2 is 0.986 bits per heavy atom. The van der Waals surface area contributed by atoms with E-state index in [9.17, 15) is 53.4 Å². The van der Waals surface area contributed by atoms with Gasteiger partial charge in [-0.3, -0.25) is 38.4 Å². The molecule has 0 radical (unpaired) electrons. The van der Waals surface area contributed by atoms with Gasteiger partial charge in [-0.2, -0.15) is 0 Å². The summed E-state index contributed by atoms with van der Waals surface area (Å²) in [5, 5.41) is 41.0. The molecular weight excluding hydrogens is 891 g/mol. The molecule has 0 saturated carbocycles. The number of carboxylic acid groups (broad SMARTS) is 1. The second-order valence-corrected chi connectivity index (χ2v) is 18.6. The molecule has 382 valence electrons. The fourth-order valence-corrected chi connectivity index (χ4v) is 7.24. The van der Waals surface area contributed by atoms with Gasteiger partial charge in [0, 0.05) is 6.42 Å². The molecule has 0 unspecified atom stereocenters. The Kier molecular flexibility index (Phi) is 25.1. The summed E-state index contributed by atoms with van der Waals surface area (Å²) in [7, 11) is 0. The van der Waals surface area contributed by atoms with Crippen molar-refractivity contribution >= 4 is 53.2 Å². The van der Waals surface area contributed by atoms with Crippen LogP contribution in [0.25, 0.3) is 0 Å². The van der Waals surface area contributed by atoms with Crippen LogP contribution in [-0.2, 0) is 56.0 Å². The molecule has 8 amide bonds. The van der Waals surface area contributed by atoms with E-state index in [0.29, 0.717) is 17.5 Å². The predicted molar refractivity (Wildman–Crippen MR) is 258 cm³/mol. The molecular formula is C49H75N9O11. The van der Waals surface area contributed by atoms with Gasteiger partial charge >= 0.3 is 5.97 Å². The maximum atomic E-state index is 14.2. The van der Waals surface area contributed by atoms with Crippen molar-refractivity contribution in [2.75, 3.05) is 13.2 Å². The molecule has 20 heteroatoms. The topological polar surface area (TPSA) is 316 Å². The number of benzene rings is 2. The summed E-state index contributed by atoms with van der Waals surface area (Å²) in [4.78, 5) is 121. The van der Waals surface area contributed by atoms with Crippen molar-refractivity contribution in [1.29, 1.82) is 0 Å². The number of nitrogens with two attached hydrogens (primary N) is 1. The minimum Gasteiger partial charge on any atom is -0.480 e. The molecule has 0 aliphatic heterocycles. The number of aliphatic hydroxyl groups excluding tert-OH is 1. The molecule has 12 N–H and O–H groups in total. The Balaban J connectivity index is 2.35. The third-order valence-corrected chi connectivity index (χ3v) is 11.3. The minimum atomic E-state index is -1.61. The summed E-state index contributed by atoms with van der Waals surface area (Å²) in [5.74, 6) is -9.80. The molecule has 0 aromatic heterocycles. The van der Waals surface area contributed by atoms with E-state index in [2.05, 4.69) is 42.5 Å². The molecule has 0 aliphatic carbocycles. The first-order valence-corrected chi connectivity index (χ1v) is 23.5. The lowest BCUT2D eigenvalue weighted by Gasteiger charge is -2.29. The highest BCUT2D eigenvalue weighted by Gasteiger charge is 2.37. The van der Waals surface area contributed by atoms with Crippen LogP contribution in [0, 0.1) is 29.6 Å². The van der Waals surface area contributed by atoms with Crippen LogP contribution in [-0.4, -0.2) is 119 Å². The molecule has 2 aromatic rings. The second kappa shape index (κ2) is 29.5. The SMILES string of the molecule is CC[C@H](C)[C@H](NC(=O)CN)C(=O)N[C@@H](CC(C)C)C(=O)NCNC(=O)[C@@H](Cc1ccccc1)C(=O)N[C@H](C(=O)N[C@@H](Cc1ccccc1)C(=O)N[C@H](C(=O)N[C@@H](CC(C)C)C(=O)O)[C@@H](C)O)C(C)C. The normalized spacial score (nSPS) is 15.2. The molecule has 0 heterocycles. The molecule has 69 heavy (non-hydrogen) atoms. The van der Waals surface area contributed by atoms with Gasteiger partial charge in [-0.05, 0) is 61.0 Å². The largest absolute Gasteiger partial charge is 0.480 e. The van der Waals surface area contributed by atoms with Gasteiger partial charge in [-0.25, -0.2) is 4.79 Å². The number of carbonyl (C=O) groups is 9. The van der Waals surface area contributed by atoms with Crippen molar-refractivity contribution in [2.24, 2.45) is 35.3 Å². The quantitative estimate of drug-likeness (QED) is 0.0390. The summed E-state index contributed by atoms with van der Waals surface area (Å²) in [6.45, 7) is 14.7. The van der Waals surface area contributed by atoms with Crippen molar-refractivity contribution in [3.8, 4) is 0 Å². The van der Waals surface area contributed by atoms with Crippen LogP contribution in [0.4, 0.5) is 0 Å². The third-order valence-electron chi connectivity index (χ3n) is 11.3. The summed E-state index contributed by atoms with van der Waals surface area (Å²) < 4.78 is 0. The fourth-order valence-electron chi connectivity index (χ4n) is 7.24. The molecule has 0 bridgehead atoms. The van der Waals surface area contributed by atoms with Gasteiger partial charge in [0.2, 0.25) is 47.3 Å². The first kappa shape index (κ1) is 58.7. The molecule has 0 spiro atoms. The van der Waals surface area contributed by atoms with E-state index in [1.165, 1.54) is 6.92 Å². The second-order valence-electron chi connectivity index (χ2n) is 18.6. The van der Waals surface area contributed by atoms with Gasteiger partial charge in [0.25, 0.3) is 0 Å². The van der Waals surface area contributed by atoms with E-state index in [1.807, 2.05) is 20.8 Å². The number of rotatable bonds is 29. The van der Waals surface area contributed by atoms with Gasteiger partial charge in [0.15, 0.2) is 0 Å². The van der Waals surface area contributed by atoms with E-state index in [0.717, 1.165) is 0 Å². The van der Waals surface area contributed by atoms with Gasteiger partial charge in [0.05, 0.1) is 19.3 Å². The van der Waals surface area contributed by atoms with E-state index >= 15 is 0 Å². The van der Waals surface area contributed by atoms with Gasteiger partial charge in [0.1, 0.15) is 42.2 Å². The predicted octanol–water partition coefficient (Wildman–Crippen LogP) is 0.405. The van der Waals surface area contributed by atoms with Crippen molar-refractivity contribution in [3.05, 3.63) is 71.8 Å². The molecule has 9 atom stereocenters. The van der Waals surface area contributed by atoms with Crippen LogP contribution in [0.3, 0.4) is 0 Å². The number of hydrogen-bond donors (Lipinski definition) is 11. The Bertz CT molecular complexity index is 2020. The zero-order valence-corrected chi connectivity index (χ0v) is 41.3. The summed E-state index contributed by atoms with van der Waals surface area (Å²) >= 11 is 0. The molecule has 2 rings (SSSR count). The zero-order valence-electron chi connectivity index (χ0n) is 41.3. The van der Waals surface area contributed by atoms with Crippen molar-refractivity contribution in [1.82, 2.24) is 42.5 Å². The zero-order chi connectivity index (χ0) is 52.0. The first-order chi connectivity index (χ1) is 32.5. The summed E-state index contributed by atoms with van der Waals surface area (Å²) in [5.41, 5.74) is 6.68. The maximum Gasteiger partial charge on any atom is 0.326 e. The highest BCUT2D eigenvalue weighted by molar-refractivity contribution is 6.03. The fraction of sp³-hybridized carbons (Fsp3) is 0.571. The van der Waals surface area contributed by atoms with Gasteiger partial charge < -0.3 is 58.5 Å². The van der Waals surface area contributed by atoms with Crippen LogP contribution >= 0.6 is 0 Å². The average molecular weight is 966 g/mol. The molecule has 0 fully saturated rings.